The van der Waals surface area contributed by atoms with E-state index in [1.807, 2.05) is 0 Å². The van der Waals surface area contributed by atoms with Crippen molar-refractivity contribution in [3.63, 3.8) is 0 Å². The first-order valence-corrected chi connectivity index (χ1v) is 6.84. The van der Waals surface area contributed by atoms with E-state index in [2.05, 4.69) is 19.2 Å². The highest BCUT2D eigenvalue weighted by atomic mass is 19.4. The van der Waals surface area contributed by atoms with E-state index in [1.165, 1.54) is 19.3 Å². The molecule has 0 saturated carbocycles. The molecule has 0 aliphatic heterocycles. The average Bonchev–Trinajstić information content (AvgIpc) is 2.26. The predicted octanol–water partition coefficient (Wildman–Crippen LogP) is 3.43. The Morgan fingerprint density at radius 3 is 2.39 bits per heavy atom. The van der Waals surface area contributed by atoms with Crippen LogP contribution < -0.4 is 5.32 Å². The summed E-state index contributed by atoms with van der Waals surface area (Å²) < 4.78 is 36.0. The van der Waals surface area contributed by atoms with Crippen molar-refractivity contribution in [3.05, 3.63) is 0 Å². The molecule has 0 aliphatic carbocycles. The summed E-state index contributed by atoms with van der Waals surface area (Å²) in [6.07, 6.45) is 0.0454. The van der Waals surface area contributed by atoms with Gasteiger partial charge in [-0.15, -0.1) is 0 Å². The third kappa shape index (κ3) is 12.2. The van der Waals surface area contributed by atoms with E-state index in [1.54, 1.807) is 11.9 Å². The first-order valence-electron chi connectivity index (χ1n) is 6.84. The second kappa shape index (κ2) is 9.62. The minimum absolute atomic E-state index is 0.0788. The quantitative estimate of drug-likeness (QED) is 0.611. The number of hydrogen-bond donors (Lipinski definition) is 1. The zero-order valence-corrected chi connectivity index (χ0v) is 11.8. The second-order valence-electron chi connectivity index (χ2n) is 5.02. The molecule has 0 aromatic carbocycles. The fourth-order valence-electron chi connectivity index (χ4n) is 1.73. The lowest BCUT2D eigenvalue weighted by Gasteiger charge is -2.20. The largest absolute Gasteiger partial charge is 0.390 e. The number of nitrogens with zero attached hydrogens (tertiary/aromatic N) is 1. The molecule has 1 unspecified atom stereocenters. The minimum Gasteiger partial charge on any atom is -0.313 e. The number of nitrogens with one attached hydrogen (secondary N) is 1. The zero-order chi connectivity index (χ0) is 14.0. The second-order valence-corrected chi connectivity index (χ2v) is 5.02. The number of likely N-dealkylation sites (N-methyl/N-ethyl adjacent to an activating group) is 1. The van der Waals surface area contributed by atoms with Crippen LogP contribution in [-0.2, 0) is 0 Å². The molecule has 0 radical (unpaired) electrons. The Labute approximate surface area is 109 Å². The number of hydrogen-bond acceptors (Lipinski definition) is 2. The Bertz CT molecular complexity index is 195. The Kier molecular flexibility index (Phi) is 9.46. The van der Waals surface area contributed by atoms with E-state index in [-0.39, 0.29) is 6.54 Å². The van der Waals surface area contributed by atoms with Crippen molar-refractivity contribution < 1.29 is 13.2 Å². The Morgan fingerprint density at radius 2 is 1.83 bits per heavy atom. The van der Waals surface area contributed by atoms with Gasteiger partial charge in [-0.1, -0.05) is 26.2 Å². The highest BCUT2D eigenvalue weighted by molar-refractivity contribution is 4.63. The third-order valence-corrected chi connectivity index (χ3v) is 3.00. The van der Waals surface area contributed by atoms with Gasteiger partial charge in [0.25, 0.3) is 0 Å². The maximum absolute atomic E-state index is 12.0. The maximum atomic E-state index is 12.0. The van der Waals surface area contributed by atoms with Crippen molar-refractivity contribution in [2.24, 2.45) is 0 Å². The molecule has 2 nitrogen and oxygen atoms in total. The fourth-order valence-corrected chi connectivity index (χ4v) is 1.73. The summed E-state index contributed by atoms with van der Waals surface area (Å²) in [6, 6.07) is 0.451. The number of unbranched alkanes of at least 4 members (excludes halogenated alkanes) is 2. The van der Waals surface area contributed by atoms with Gasteiger partial charge in [0.15, 0.2) is 0 Å². The molecule has 0 aromatic rings. The normalized spacial score (nSPS) is 14.2. The van der Waals surface area contributed by atoms with Crippen LogP contribution in [0.5, 0.6) is 0 Å². The number of rotatable bonds is 10. The Morgan fingerprint density at radius 1 is 1.17 bits per heavy atom. The monoisotopic (exact) mass is 268 g/mol. The van der Waals surface area contributed by atoms with Gasteiger partial charge in [-0.2, -0.15) is 13.2 Å². The molecule has 110 valence electrons. The molecule has 0 saturated heterocycles. The summed E-state index contributed by atoms with van der Waals surface area (Å²) in [4.78, 5) is 1.72. The van der Waals surface area contributed by atoms with Gasteiger partial charge in [0, 0.05) is 25.7 Å². The van der Waals surface area contributed by atoms with E-state index in [9.17, 15) is 13.2 Å². The Balaban J connectivity index is 3.46. The van der Waals surface area contributed by atoms with Crippen LogP contribution in [0.4, 0.5) is 13.2 Å². The van der Waals surface area contributed by atoms with Crippen LogP contribution in [0.1, 0.15) is 46.0 Å². The maximum Gasteiger partial charge on any atom is 0.390 e. The molecule has 0 heterocycles. The molecule has 0 aliphatic rings. The first kappa shape index (κ1) is 17.7. The molecule has 0 amide bonds. The van der Waals surface area contributed by atoms with Crippen molar-refractivity contribution in [2.45, 2.75) is 58.2 Å². The molecule has 0 rings (SSSR count). The van der Waals surface area contributed by atoms with E-state index in [4.69, 9.17) is 0 Å². The molecule has 18 heavy (non-hydrogen) atoms. The standard InChI is InChI=1S/C13H27F3N2/c1-4-5-6-7-12(2)17-9-11-18(3)10-8-13(14,15)16/h12,17H,4-11H2,1-3H3. The predicted molar refractivity (Wildman–Crippen MR) is 69.8 cm³/mol. The lowest BCUT2D eigenvalue weighted by molar-refractivity contribution is -0.137. The van der Waals surface area contributed by atoms with Crippen LogP contribution in [0.2, 0.25) is 0 Å². The SMILES string of the molecule is CCCCCC(C)NCCN(C)CCC(F)(F)F. The third-order valence-electron chi connectivity index (χ3n) is 3.00. The summed E-state index contributed by atoms with van der Waals surface area (Å²) in [7, 11) is 1.73. The van der Waals surface area contributed by atoms with Gasteiger partial charge in [-0.25, -0.2) is 0 Å². The Hall–Kier alpha value is -0.290. The van der Waals surface area contributed by atoms with Gasteiger partial charge in [0.1, 0.15) is 0 Å². The van der Waals surface area contributed by atoms with Crippen LogP contribution in [0.3, 0.4) is 0 Å². The van der Waals surface area contributed by atoms with Crippen LogP contribution >= 0.6 is 0 Å². The van der Waals surface area contributed by atoms with Crippen LogP contribution in [-0.4, -0.2) is 43.8 Å². The van der Waals surface area contributed by atoms with Crippen LogP contribution in [0.25, 0.3) is 0 Å². The fraction of sp³-hybridized carbons (Fsp3) is 1.00. The topological polar surface area (TPSA) is 15.3 Å². The van der Waals surface area contributed by atoms with Gasteiger partial charge >= 0.3 is 6.18 Å². The molecule has 0 aromatic heterocycles. The molecule has 1 atom stereocenters. The van der Waals surface area contributed by atoms with Crippen molar-refractivity contribution in [1.29, 1.82) is 0 Å². The average molecular weight is 268 g/mol. The lowest BCUT2D eigenvalue weighted by atomic mass is 10.1. The molecule has 5 heteroatoms. The summed E-state index contributed by atoms with van der Waals surface area (Å²) in [5.41, 5.74) is 0. The summed E-state index contributed by atoms with van der Waals surface area (Å²) in [5, 5.41) is 3.35. The van der Waals surface area contributed by atoms with Crippen molar-refractivity contribution >= 4 is 0 Å². The molecule has 0 spiro atoms. The smallest absolute Gasteiger partial charge is 0.313 e. The van der Waals surface area contributed by atoms with Gasteiger partial charge in [-0.05, 0) is 20.4 Å². The van der Waals surface area contributed by atoms with Crippen LogP contribution in [0, 0.1) is 0 Å². The highest BCUT2D eigenvalue weighted by Gasteiger charge is 2.26. The first-order chi connectivity index (χ1) is 8.35. The summed E-state index contributed by atoms with van der Waals surface area (Å²) >= 11 is 0. The molecule has 0 fully saturated rings. The molecule has 0 bridgehead atoms. The van der Waals surface area contributed by atoms with Gasteiger partial charge in [0.05, 0.1) is 6.42 Å². The summed E-state index contributed by atoms with van der Waals surface area (Å²) in [5.74, 6) is 0. The van der Waals surface area contributed by atoms with E-state index in [0.717, 1.165) is 13.0 Å². The van der Waals surface area contributed by atoms with Gasteiger partial charge in [0.2, 0.25) is 0 Å². The molecular formula is C13H27F3N2. The highest BCUT2D eigenvalue weighted by Crippen LogP contribution is 2.19. The van der Waals surface area contributed by atoms with Crippen LogP contribution in [0.15, 0.2) is 0 Å². The van der Waals surface area contributed by atoms with Crippen molar-refractivity contribution in [1.82, 2.24) is 10.2 Å². The van der Waals surface area contributed by atoms with Gasteiger partial charge in [-0.3, -0.25) is 0 Å². The summed E-state index contributed by atoms with van der Waals surface area (Å²) in [6.45, 7) is 5.80. The van der Waals surface area contributed by atoms with Crippen molar-refractivity contribution in [3.8, 4) is 0 Å². The zero-order valence-electron chi connectivity index (χ0n) is 11.8. The van der Waals surface area contributed by atoms with E-state index < -0.39 is 12.6 Å². The molecular weight excluding hydrogens is 241 g/mol. The number of halogens is 3. The van der Waals surface area contributed by atoms with E-state index >= 15 is 0 Å². The van der Waals surface area contributed by atoms with E-state index in [0.29, 0.717) is 12.6 Å². The minimum atomic E-state index is -4.05. The van der Waals surface area contributed by atoms with Gasteiger partial charge < -0.3 is 10.2 Å². The number of alkyl halides is 3. The lowest BCUT2D eigenvalue weighted by Crippen LogP contribution is -2.35. The molecule has 1 N–H and O–H groups in total. The van der Waals surface area contributed by atoms with Crippen molar-refractivity contribution in [2.75, 3.05) is 26.7 Å².